The number of hydrogen-bond acceptors (Lipinski definition) is 4. The number of hydrogen-bond donors (Lipinski definition) is 1. The largest absolute Gasteiger partial charge is 0.458 e. The Bertz CT molecular complexity index is 736. The molecular weight excluding hydrogens is 304 g/mol. The van der Waals surface area contributed by atoms with E-state index in [2.05, 4.69) is 0 Å². The van der Waals surface area contributed by atoms with Gasteiger partial charge < -0.3 is 4.74 Å². The van der Waals surface area contributed by atoms with E-state index in [0.29, 0.717) is 5.56 Å². The van der Waals surface area contributed by atoms with Crippen LogP contribution in [0.5, 0.6) is 0 Å². The van der Waals surface area contributed by atoms with Gasteiger partial charge in [-0.1, -0.05) is 42.5 Å². The van der Waals surface area contributed by atoms with E-state index >= 15 is 0 Å². The zero-order chi connectivity index (χ0) is 16.2. The van der Waals surface area contributed by atoms with Crippen molar-refractivity contribution < 1.29 is 22.5 Å². The zero-order valence-electron chi connectivity index (χ0n) is 12.0. The molecule has 2 rings (SSSR count). The topological polar surface area (TPSA) is 80.7 Å². The first kappa shape index (κ1) is 16.2. The summed E-state index contributed by atoms with van der Waals surface area (Å²) in [4.78, 5) is 11.9. The summed E-state index contributed by atoms with van der Waals surface area (Å²) in [5, 5.41) is 0. The quantitative estimate of drug-likeness (QED) is 0.677. The van der Waals surface area contributed by atoms with E-state index in [1.807, 2.05) is 30.3 Å². The minimum absolute atomic E-state index is 0.321. The molecule has 6 heteroatoms. The van der Waals surface area contributed by atoms with Crippen LogP contribution in [0.1, 0.15) is 17.3 Å². The third-order valence-electron chi connectivity index (χ3n) is 2.98. The Balaban J connectivity index is 2.06. The number of carbonyl (C=O) groups excluding carboxylic acids is 1. The Hall–Kier alpha value is -2.18. The summed E-state index contributed by atoms with van der Waals surface area (Å²) in [6, 6.07) is 16.5. The van der Waals surface area contributed by atoms with Gasteiger partial charge in [0.2, 0.25) is 0 Å². The summed E-state index contributed by atoms with van der Waals surface area (Å²) in [5.41, 5.74) is 2.31. The van der Waals surface area contributed by atoms with E-state index in [9.17, 15) is 13.2 Å². The summed E-state index contributed by atoms with van der Waals surface area (Å²) in [6.07, 6.45) is -0.920. The molecule has 0 bridgehead atoms. The lowest BCUT2D eigenvalue weighted by Crippen LogP contribution is -2.23. The Morgan fingerprint density at radius 1 is 1.05 bits per heavy atom. The number of ether oxygens (including phenoxy) is 1. The van der Waals surface area contributed by atoms with Gasteiger partial charge in [0.1, 0.15) is 11.9 Å². The SMILES string of the molecule is CC(CS(=O)(=O)O)OC(=O)c1ccc(-c2ccccc2)cc1. The molecule has 22 heavy (non-hydrogen) atoms. The molecule has 0 heterocycles. The smallest absolute Gasteiger partial charge is 0.338 e. The zero-order valence-corrected chi connectivity index (χ0v) is 12.8. The number of esters is 1. The maximum atomic E-state index is 11.9. The van der Waals surface area contributed by atoms with Gasteiger partial charge >= 0.3 is 5.97 Å². The van der Waals surface area contributed by atoms with Crippen molar-refractivity contribution in [1.29, 1.82) is 0 Å². The van der Waals surface area contributed by atoms with Gasteiger partial charge in [-0.25, -0.2) is 4.79 Å². The highest BCUT2D eigenvalue weighted by molar-refractivity contribution is 7.85. The molecule has 0 aliphatic heterocycles. The van der Waals surface area contributed by atoms with Gasteiger partial charge in [-0.15, -0.1) is 0 Å². The highest BCUT2D eigenvalue weighted by Crippen LogP contribution is 2.19. The molecule has 1 N–H and O–H groups in total. The highest BCUT2D eigenvalue weighted by atomic mass is 32.2. The Labute approximate surface area is 129 Å². The van der Waals surface area contributed by atoms with Crippen molar-refractivity contribution >= 4 is 16.1 Å². The van der Waals surface area contributed by atoms with Crippen LogP contribution in [0.15, 0.2) is 54.6 Å². The lowest BCUT2D eigenvalue weighted by atomic mass is 10.0. The first-order chi connectivity index (χ1) is 10.3. The molecular formula is C16H16O5S. The van der Waals surface area contributed by atoms with Crippen molar-refractivity contribution in [2.45, 2.75) is 13.0 Å². The van der Waals surface area contributed by atoms with Crippen molar-refractivity contribution in [2.75, 3.05) is 5.75 Å². The molecule has 116 valence electrons. The molecule has 0 fully saturated rings. The van der Waals surface area contributed by atoms with Crippen LogP contribution in [0.25, 0.3) is 11.1 Å². The lowest BCUT2D eigenvalue weighted by molar-refractivity contribution is 0.0382. The number of benzene rings is 2. The van der Waals surface area contributed by atoms with Crippen LogP contribution >= 0.6 is 0 Å². The summed E-state index contributed by atoms with van der Waals surface area (Å²) in [6.45, 7) is 1.41. The van der Waals surface area contributed by atoms with Crippen LogP contribution in [0, 0.1) is 0 Å². The third-order valence-corrected chi connectivity index (χ3v) is 3.87. The molecule has 1 unspecified atom stereocenters. The second kappa shape index (κ2) is 6.72. The average molecular weight is 320 g/mol. The van der Waals surface area contributed by atoms with Gasteiger partial charge in [-0.05, 0) is 30.2 Å². The van der Waals surface area contributed by atoms with E-state index in [1.54, 1.807) is 24.3 Å². The molecule has 0 spiro atoms. The van der Waals surface area contributed by atoms with Crippen LogP contribution in [0.3, 0.4) is 0 Å². The molecule has 5 nitrogen and oxygen atoms in total. The molecule has 0 aliphatic carbocycles. The van der Waals surface area contributed by atoms with Crippen LogP contribution in [-0.2, 0) is 14.9 Å². The molecule has 0 amide bonds. The van der Waals surface area contributed by atoms with E-state index in [4.69, 9.17) is 9.29 Å². The fraction of sp³-hybridized carbons (Fsp3) is 0.188. The normalized spacial score (nSPS) is 12.6. The fourth-order valence-corrected chi connectivity index (χ4v) is 2.67. The van der Waals surface area contributed by atoms with Gasteiger partial charge in [0.15, 0.2) is 0 Å². The van der Waals surface area contributed by atoms with Crippen molar-refractivity contribution in [2.24, 2.45) is 0 Å². The van der Waals surface area contributed by atoms with Crippen molar-refractivity contribution in [3.8, 4) is 11.1 Å². The Kier molecular flexibility index (Phi) is 4.95. The maximum absolute atomic E-state index is 11.9. The van der Waals surface area contributed by atoms with Gasteiger partial charge in [0, 0.05) is 0 Å². The second-order valence-electron chi connectivity index (χ2n) is 4.91. The van der Waals surface area contributed by atoms with Gasteiger partial charge in [-0.2, -0.15) is 8.42 Å². The molecule has 2 aromatic carbocycles. The lowest BCUT2D eigenvalue weighted by Gasteiger charge is -2.11. The molecule has 2 aromatic rings. The predicted molar refractivity (Wildman–Crippen MR) is 83.2 cm³/mol. The maximum Gasteiger partial charge on any atom is 0.338 e. The van der Waals surface area contributed by atoms with E-state index in [-0.39, 0.29) is 0 Å². The summed E-state index contributed by atoms with van der Waals surface area (Å²) in [5.74, 6) is -1.25. The van der Waals surface area contributed by atoms with Crippen molar-refractivity contribution in [1.82, 2.24) is 0 Å². The van der Waals surface area contributed by atoms with Gasteiger partial charge in [-0.3, -0.25) is 4.55 Å². The molecule has 0 aromatic heterocycles. The monoisotopic (exact) mass is 320 g/mol. The van der Waals surface area contributed by atoms with E-state index in [1.165, 1.54) is 6.92 Å². The van der Waals surface area contributed by atoms with Crippen LogP contribution in [0.2, 0.25) is 0 Å². The average Bonchev–Trinajstić information content (AvgIpc) is 2.46. The van der Waals surface area contributed by atoms with Crippen molar-refractivity contribution in [3.05, 3.63) is 60.2 Å². The molecule has 1 atom stereocenters. The van der Waals surface area contributed by atoms with Gasteiger partial charge in [0.05, 0.1) is 5.56 Å². The highest BCUT2D eigenvalue weighted by Gasteiger charge is 2.17. The van der Waals surface area contributed by atoms with E-state index < -0.39 is 27.9 Å². The molecule has 0 aliphatic rings. The summed E-state index contributed by atoms with van der Waals surface area (Å²) < 4.78 is 35.1. The second-order valence-corrected chi connectivity index (χ2v) is 6.41. The third kappa shape index (κ3) is 4.68. The van der Waals surface area contributed by atoms with Crippen molar-refractivity contribution in [3.63, 3.8) is 0 Å². The van der Waals surface area contributed by atoms with E-state index in [0.717, 1.165) is 11.1 Å². The minimum Gasteiger partial charge on any atom is -0.458 e. The molecule has 0 saturated heterocycles. The first-order valence-electron chi connectivity index (χ1n) is 6.67. The molecule has 0 radical (unpaired) electrons. The first-order valence-corrected chi connectivity index (χ1v) is 8.28. The Morgan fingerprint density at radius 3 is 2.14 bits per heavy atom. The van der Waals surface area contributed by atoms with Gasteiger partial charge in [0.25, 0.3) is 10.1 Å². The van der Waals surface area contributed by atoms with Crippen LogP contribution < -0.4 is 0 Å². The predicted octanol–water partition coefficient (Wildman–Crippen LogP) is 2.79. The standard InChI is InChI=1S/C16H16O5S/c1-12(11-22(18,19)20)21-16(17)15-9-7-14(8-10-15)13-5-3-2-4-6-13/h2-10,12H,11H2,1H3,(H,18,19,20). The number of carbonyl (C=O) groups is 1. The molecule has 0 saturated carbocycles. The summed E-state index contributed by atoms with van der Waals surface area (Å²) in [7, 11) is -4.17. The summed E-state index contributed by atoms with van der Waals surface area (Å²) >= 11 is 0. The fourth-order valence-electron chi connectivity index (χ4n) is 2.01. The van der Waals surface area contributed by atoms with Crippen LogP contribution in [-0.4, -0.2) is 30.8 Å². The van der Waals surface area contributed by atoms with Crippen LogP contribution in [0.4, 0.5) is 0 Å². The number of rotatable bonds is 5. The minimum atomic E-state index is -4.17. The Morgan fingerprint density at radius 2 is 1.59 bits per heavy atom.